The summed E-state index contributed by atoms with van der Waals surface area (Å²) in [4.78, 5) is 27.8. The summed E-state index contributed by atoms with van der Waals surface area (Å²) in [7, 11) is 0. The molecule has 0 saturated carbocycles. The standard InChI is InChI=1S/C22H22ClN5O2S/c1-13-9-10-15(11-16(13)23)27-12-24-26-21(27)31-14(2)19(29)28-18-8-6-5-7-17(18)25-20(30)22(28,3)4/h5-12,14H,1-4H3,(H,25,30)/t14-/m1/s1. The van der Waals surface area contributed by atoms with Gasteiger partial charge in [0.15, 0.2) is 5.16 Å². The molecule has 7 nitrogen and oxygen atoms in total. The number of thioether (sulfide) groups is 1. The summed E-state index contributed by atoms with van der Waals surface area (Å²) in [5.74, 6) is -0.414. The van der Waals surface area contributed by atoms with Crippen LogP contribution in [0.3, 0.4) is 0 Å². The molecule has 9 heteroatoms. The van der Waals surface area contributed by atoms with Crippen LogP contribution in [0.2, 0.25) is 5.02 Å². The normalized spacial score (nSPS) is 15.9. The molecule has 2 aromatic carbocycles. The Kier molecular flexibility index (Phi) is 5.53. The molecular weight excluding hydrogens is 434 g/mol. The maximum absolute atomic E-state index is 13.5. The molecule has 1 N–H and O–H groups in total. The molecular formula is C22H22ClN5O2S. The van der Waals surface area contributed by atoms with E-state index in [9.17, 15) is 9.59 Å². The van der Waals surface area contributed by atoms with Crippen LogP contribution in [0.4, 0.5) is 11.4 Å². The average Bonchev–Trinajstić information content (AvgIpc) is 3.18. The second-order valence-corrected chi connectivity index (χ2v) is 9.60. The van der Waals surface area contributed by atoms with E-state index in [0.29, 0.717) is 21.6 Å². The molecule has 0 spiro atoms. The first-order valence-corrected chi connectivity index (χ1v) is 11.0. The number of hydrogen-bond donors (Lipinski definition) is 1. The van der Waals surface area contributed by atoms with E-state index in [1.165, 1.54) is 11.8 Å². The lowest BCUT2D eigenvalue weighted by Crippen LogP contribution is -2.60. The SMILES string of the molecule is Cc1ccc(-n2cnnc2S[C@H](C)C(=O)N2c3ccccc3NC(=O)C2(C)C)cc1Cl. The van der Waals surface area contributed by atoms with Gasteiger partial charge < -0.3 is 5.32 Å². The predicted molar refractivity (Wildman–Crippen MR) is 123 cm³/mol. The van der Waals surface area contributed by atoms with E-state index in [-0.39, 0.29) is 11.8 Å². The van der Waals surface area contributed by atoms with Crippen molar-refractivity contribution >= 4 is 46.6 Å². The molecule has 2 amide bonds. The molecule has 4 rings (SSSR count). The molecule has 0 unspecified atom stereocenters. The van der Waals surface area contributed by atoms with Crippen LogP contribution in [-0.2, 0) is 9.59 Å². The molecule has 0 fully saturated rings. The second-order valence-electron chi connectivity index (χ2n) is 7.88. The summed E-state index contributed by atoms with van der Waals surface area (Å²) in [5.41, 5.74) is 2.05. The Bertz CT molecular complexity index is 1180. The Balaban J connectivity index is 1.64. The summed E-state index contributed by atoms with van der Waals surface area (Å²) < 4.78 is 1.79. The van der Waals surface area contributed by atoms with Crippen LogP contribution in [0.5, 0.6) is 0 Å². The molecule has 0 radical (unpaired) electrons. The fourth-order valence-corrected chi connectivity index (χ4v) is 4.51. The quantitative estimate of drug-likeness (QED) is 0.587. The van der Waals surface area contributed by atoms with E-state index in [2.05, 4.69) is 15.5 Å². The molecule has 31 heavy (non-hydrogen) atoms. The number of fused-ring (bicyclic) bond motifs is 1. The number of amides is 2. The third kappa shape index (κ3) is 3.81. The Morgan fingerprint density at radius 2 is 1.97 bits per heavy atom. The first kappa shape index (κ1) is 21.4. The van der Waals surface area contributed by atoms with Gasteiger partial charge in [-0.05, 0) is 57.5 Å². The van der Waals surface area contributed by atoms with Gasteiger partial charge in [-0.3, -0.25) is 19.1 Å². The number of para-hydroxylation sites is 2. The van der Waals surface area contributed by atoms with Crippen LogP contribution in [0.1, 0.15) is 26.3 Å². The third-order valence-electron chi connectivity index (χ3n) is 5.31. The van der Waals surface area contributed by atoms with Gasteiger partial charge in [-0.15, -0.1) is 10.2 Å². The predicted octanol–water partition coefficient (Wildman–Crippen LogP) is 4.47. The summed E-state index contributed by atoms with van der Waals surface area (Å²) in [6.45, 7) is 7.22. The summed E-state index contributed by atoms with van der Waals surface area (Å²) >= 11 is 7.56. The van der Waals surface area contributed by atoms with Gasteiger partial charge in [0, 0.05) is 5.02 Å². The summed E-state index contributed by atoms with van der Waals surface area (Å²) in [5, 5.41) is 11.8. The minimum Gasteiger partial charge on any atom is -0.322 e. The number of hydrogen-bond acceptors (Lipinski definition) is 5. The number of carbonyl (C=O) groups excluding carboxylic acids is 2. The zero-order chi connectivity index (χ0) is 22.3. The maximum atomic E-state index is 13.5. The molecule has 1 atom stereocenters. The van der Waals surface area contributed by atoms with E-state index in [1.807, 2.05) is 43.3 Å². The topological polar surface area (TPSA) is 80.1 Å². The molecule has 1 aliphatic rings. The minimum atomic E-state index is -1.03. The van der Waals surface area contributed by atoms with Crippen LogP contribution >= 0.6 is 23.4 Å². The van der Waals surface area contributed by atoms with Crippen molar-refractivity contribution in [3.05, 3.63) is 59.4 Å². The molecule has 0 saturated heterocycles. The lowest BCUT2D eigenvalue weighted by Gasteiger charge is -2.43. The molecule has 2 heterocycles. The third-order valence-corrected chi connectivity index (χ3v) is 6.76. The van der Waals surface area contributed by atoms with Crippen molar-refractivity contribution in [3.63, 3.8) is 0 Å². The van der Waals surface area contributed by atoms with E-state index in [4.69, 9.17) is 11.6 Å². The van der Waals surface area contributed by atoms with Gasteiger partial charge in [0.05, 0.1) is 22.3 Å². The van der Waals surface area contributed by atoms with Crippen molar-refractivity contribution in [2.75, 3.05) is 10.2 Å². The van der Waals surface area contributed by atoms with Gasteiger partial charge in [-0.25, -0.2) is 0 Å². The zero-order valence-corrected chi connectivity index (χ0v) is 19.2. The van der Waals surface area contributed by atoms with Gasteiger partial charge in [0.1, 0.15) is 11.9 Å². The highest BCUT2D eigenvalue weighted by Crippen LogP contribution is 2.38. The lowest BCUT2D eigenvalue weighted by molar-refractivity contribution is -0.126. The van der Waals surface area contributed by atoms with Crippen molar-refractivity contribution in [1.82, 2.24) is 14.8 Å². The van der Waals surface area contributed by atoms with Gasteiger partial charge in [0.2, 0.25) is 11.8 Å². The fourth-order valence-electron chi connectivity index (χ4n) is 3.45. The smallest absolute Gasteiger partial charge is 0.250 e. The monoisotopic (exact) mass is 455 g/mol. The molecule has 1 aromatic heterocycles. The molecule has 160 valence electrons. The first-order valence-electron chi connectivity index (χ1n) is 9.78. The summed E-state index contributed by atoms with van der Waals surface area (Å²) in [6, 6.07) is 13.0. The van der Waals surface area contributed by atoms with E-state index < -0.39 is 10.8 Å². The fraction of sp³-hybridized carbons (Fsp3) is 0.273. The molecule has 1 aliphatic heterocycles. The van der Waals surface area contributed by atoms with E-state index in [1.54, 1.807) is 42.6 Å². The Hall–Kier alpha value is -2.84. The number of halogens is 1. The number of benzene rings is 2. The maximum Gasteiger partial charge on any atom is 0.250 e. The number of aromatic nitrogens is 3. The molecule has 0 aliphatic carbocycles. The largest absolute Gasteiger partial charge is 0.322 e. The second kappa shape index (κ2) is 8.01. The van der Waals surface area contributed by atoms with Crippen LogP contribution in [-0.4, -0.2) is 37.4 Å². The van der Waals surface area contributed by atoms with Crippen LogP contribution in [0.15, 0.2) is 53.9 Å². The number of aryl methyl sites for hydroxylation is 1. The van der Waals surface area contributed by atoms with Crippen molar-refractivity contribution in [3.8, 4) is 5.69 Å². The average molecular weight is 456 g/mol. The van der Waals surface area contributed by atoms with Gasteiger partial charge in [-0.2, -0.15) is 0 Å². The van der Waals surface area contributed by atoms with Crippen LogP contribution in [0.25, 0.3) is 5.69 Å². The lowest BCUT2D eigenvalue weighted by atomic mass is 9.96. The minimum absolute atomic E-state index is 0.186. The number of nitrogens with zero attached hydrogens (tertiary/aromatic N) is 4. The zero-order valence-electron chi connectivity index (χ0n) is 17.6. The van der Waals surface area contributed by atoms with Crippen molar-refractivity contribution < 1.29 is 9.59 Å². The number of carbonyl (C=O) groups is 2. The highest BCUT2D eigenvalue weighted by Gasteiger charge is 2.45. The number of rotatable bonds is 4. The van der Waals surface area contributed by atoms with Gasteiger partial charge in [0.25, 0.3) is 0 Å². The highest BCUT2D eigenvalue weighted by molar-refractivity contribution is 8.00. The Labute approximate surface area is 189 Å². The van der Waals surface area contributed by atoms with Gasteiger partial charge in [-0.1, -0.05) is 41.6 Å². The van der Waals surface area contributed by atoms with Crippen LogP contribution < -0.4 is 10.2 Å². The first-order chi connectivity index (χ1) is 14.7. The Morgan fingerprint density at radius 3 is 2.71 bits per heavy atom. The van der Waals surface area contributed by atoms with E-state index in [0.717, 1.165) is 11.3 Å². The van der Waals surface area contributed by atoms with Crippen LogP contribution in [0, 0.1) is 6.92 Å². The Morgan fingerprint density at radius 1 is 1.23 bits per heavy atom. The molecule has 3 aromatic rings. The molecule has 0 bridgehead atoms. The number of nitrogens with one attached hydrogen (secondary N) is 1. The highest BCUT2D eigenvalue weighted by atomic mass is 35.5. The van der Waals surface area contributed by atoms with E-state index >= 15 is 0 Å². The number of anilines is 2. The van der Waals surface area contributed by atoms with Gasteiger partial charge >= 0.3 is 0 Å². The summed E-state index contributed by atoms with van der Waals surface area (Å²) in [6.07, 6.45) is 1.59. The van der Waals surface area contributed by atoms with Crippen molar-refractivity contribution in [2.45, 2.75) is 43.6 Å². The van der Waals surface area contributed by atoms with Crippen molar-refractivity contribution in [1.29, 1.82) is 0 Å². The van der Waals surface area contributed by atoms with Crippen molar-refractivity contribution in [2.24, 2.45) is 0 Å².